The van der Waals surface area contributed by atoms with E-state index in [9.17, 15) is 4.79 Å². The molecule has 0 aromatic rings. The lowest BCUT2D eigenvalue weighted by atomic mass is 9.83. The lowest BCUT2D eigenvalue weighted by molar-refractivity contribution is -0.137. The van der Waals surface area contributed by atoms with E-state index in [1.54, 1.807) is 7.11 Å². The van der Waals surface area contributed by atoms with Gasteiger partial charge in [-0.3, -0.25) is 4.79 Å². The molecule has 0 saturated heterocycles. The molecule has 0 aliphatic heterocycles. The lowest BCUT2D eigenvalue weighted by Crippen LogP contribution is -2.21. The quantitative estimate of drug-likeness (QED) is 0.435. The van der Waals surface area contributed by atoms with Crippen LogP contribution in [0.1, 0.15) is 57.8 Å². The Labute approximate surface area is 140 Å². The maximum Gasteiger partial charge on any atom is 0.314 e. The van der Waals surface area contributed by atoms with Crippen LogP contribution in [0.5, 0.6) is 0 Å². The van der Waals surface area contributed by atoms with Gasteiger partial charge in [-0.2, -0.15) is 0 Å². The standard InChI is InChI=1S/C19H32O4/c1-22-13-15-7-9-16(10-8-15)14-23-11-5-3-2-4-6-17-12-18(17)19(20)21/h12,15-16,18H,2-11,13-14H2,1H3,(H,20,21)/t15-,16-,18-/m1/s1. The third-order valence-corrected chi connectivity index (χ3v) is 5.16. The molecule has 0 aromatic carbocycles. The molecule has 1 atom stereocenters. The first-order chi connectivity index (χ1) is 11.2. The number of unbranched alkanes of at least 4 members (excludes halogenated alkanes) is 3. The van der Waals surface area contributed by atoms with Crippen molar-refractivity contribution in [3.05, 3.63) is 11.6 Å². The Morgan fingerprint density at radius 3 is 2.35 bits per heavy atom. The molecule has 1 saturated carbocycles. The summed E-state index contributed by atoms with van der Waals surface area (Å²) in [5, 5.41) is 8.80. The molecule has 2 rings (SSSR count). The third kappa shape index (κ3) is 7.05. The lowest BCUT2D eigenvalue weighted by Gasteiger charge is -2.27. The van der Waals surface area contributed by atoms with Gasteiger partial charge in [0.2, 0.25) is 0 Å². The highest BCUT2D eigenvalue weighted by Gasteiger charge is 2.30. The number of carboxylic acids is 1. The van der Waals surface area contributed by atoms with Crippen molar-refractivity contribution in [2.75, 3.05) is 26.9 Å². The predicted molar refractivity (Wildman–Crippen MR) is 90.4 cm³/mol. The minimum atomic E-state index is -0.690. The van der Waals surface area contributed by atoms with E-state index in [1.807, 2.05) is 6.08 Å². The summed E-state index contributed by atoms with van der Waals surface area (Å²) in [6, 6.07) is 0. The summed E-state index contributed by atoms with van der Waals surface area (Å²) in [6.07, 6.45) is 12.6. The largest absolute Gasteiger partial charge is 0.481 e. The summed E-state index contributed by atoms with van der Waals surface area (Å²) in [5.41, 5.74) is 1.12. The van der Waals surface area contributed by atoms with Gasteiger partial charge in [-0.25, -0.2) is 0 Å². The summed E-state index contributed by atoms with van der Waals surface area (Å²) in [5.74, 6) is 0.582. The van der Waals surface area contributed by atoms with Crippen LogP contribution < -0.4 is 0 Å². The number of hydrogen-bond acceptors (Lipinski definition) is 3. The van der Waals surface area contributed by atoms with E-state index in [2.05, 4.69) is 0 Å². The molecule has 2 aliphatic rings. The molecule has 4 heteroatoms. The van der Waals surface area contributed by atoms with Crippen LogP contribution in [0.25, 0.3) is 0 Å². The van der Waals surface area contributed by atoms with Crippen LogP contribution in [0.3, 0.4) is 0 Å². The summed E-state index contributed by atoms with van der Waals surface area (Å²) < 4.78 is 11.1. The summed E-state index contributed by atoms with van der Waals surface area (Å²) in [6.45, 7) is 2.71. The molecule has 23 heavy (non-hydrogen) atoms. The second-order valence-corrected chi connectivity index (χ2v) is 7.14. The van der Waals surface area contributed by atoms with E-state index in [0.717, 1.165) is 56.5 Å². The molecule has 0 amide bonds. The van der Waals surface area contributed by atoms with Crippen molar-refractivity contribution < 1.29 is 19.4 Å². The molecule has 4 nitrogen and oxygen atoms in total. The van der Waals surface area contributed by atoms with E-state index < -0.39 is 5.97 Å². The van der Waals surface area contributed by atoms with Gasteiger partial charge in [0.15, 0.2) is 0 Å². The fraction of sp³-hybridized carbons (Fsp3) is 0.842. The minimum Gasteiger partial charge on any atom is -0.481 e. The second-order valence-electron chi connectivity index (χ2n) is 7.14. The number of carbonyl (C=O) groups is 1. The van der Waals surface area contributed by atoms with Crippen molar-refractivity contribution in [2.24, 2.45) is 17.8 Å². The van der Waals surface area contributed by atoms with Gasteiger partial charge in [-0.1, -0.05) is 24.5 Å². The van der Waals surface area contributed by atoms with Crippen molar-refractivity contribution >= 4 is 5.97 Å². The molecule has 2 aliphatic carbocycles. The van der Waals surface area contributed by atoms with Gasteiger partial charge in [0.1, 0.15) is 0 Å². The van der Waals surface area contributed by atoms with Crippen molar-refractivity contribution in [2.45, 2.75) is 57.8 Å². The van der Waals surface area contributed by atoms with Crippen LogP contribution >= 0.6 is 0 Å². The molecule has 0 spiro atoms. The Morgan fingerprint density at radius 1 is 1.09 bits per heavy atom. The smallest absolute Gasteiger partial charge is 0.314 e. The number of rotatable bonds is 12. The topological polar surface area (TPSA) is 55.8 Å². The molecule has 0 bridgehead atoms. The average molecular weight is 324 g/mol. The van der Waals surface area contributed by atoms with E-state index in [4.69, 9.17) is 14.6 Å². The summed E-state index contributed by atoms with van der Waals surface area (Å²) in [7, 11) is 1.79. The maximum atomic E-state index is 10.7. The van der Waals surface area contributed by atoms with Crippen molar-refractivity contribution in [3.63, 3.8) is 0 Å². The molecule has 132 valence electrons. The Hall–Kier alpha value is -0.870. The van der Waals surface area contributed by atoms with E-state index in [-0.39, 0.29) is 5.92 Å². The number of carboxylic acid groups (broad SMARTS) is 1. The van der Waals surface area contributed by atoms with Gasteiger partial charge in [-0.05, 0) is 56.8 Å². The normalized spacial score (nSPS) is 26.8. The molecule has 0 heterocycles. The van der Waals surface area contributed by atoms with Crippen LogP contribution in [-0.4, -0.2) is 38.0 Å². The number of hydrogen-bond donors (Lipinski definition) is 1. The average Bonchev–Trinajstić information content (AvgIpc) is 3.32. The number of aliphatic carboxylic acids is 1. The van der Waals surface area contributed by atoms with Crippen LogP contribution in [0, 0.1) is 17.8 Å². The molecule has 1 N–H and O–H groups in total. The van der Waals surface area contributed by atoms with E-state index in [0.29, 0.717) is 0 Å². The SMILES string of the molecule is COC[C@H]1CC[C@H](COCCCCCCC2=C[C@H]2C(=O)O)CC1. The van der Waals surface area contributed by atoms with Crippen LogP contribution in [0.2, 0.25) is 0 Å². The Kier molecular flexibility index (Phi) is 8.10. The first-order valence-electron chi connectivity index (χ1n) is 9.20. The first-order valence-corrected chi connectivity index (χ1v) is 9.20. The Morgan fingerprint density at radius 2 is 1.74 bits per heavy atom. The first kappa shape index (κ1) is 18.5. The zero-order valence-electron chi connectivity index (χ0n) is 14.5. The molecule has 0 aromatic heterocycles. The van der Waals surface area contributed by atoms with E-state index >= 15 is 0 Å². The van der Waals surface area contributed by atoms with Gasteiger partial charge in [0.25, 0.3) is 0 Å². The minimum absolute atomic E-state index is 0.239. The highest BCUT2D eigenvalue weighted by atomic mass is 16.5. The van der Waals surface area contributed by atoms with E-state index in [1.165, 1.54) is 38.5 Å². The molecular formula is C19H32O4. The maximum absolute atomic E-state index is 10.7. The second kappa shape index (κ2) is 10.1. The Bertz CT molecular complexity index is 383. The van der Waals surface area contributed by atoms with Crippen LogP contribution in [0.15, 0.2) is 11.6 Å². The van der Waals surface area contributed by atoms with Gasteiger partial charge in [0.05, 0.1) is 5.92 Å². The van der Waals surface area contributed by atoms with Gasteiger partial charge in [-0.15, -0.1) is 0 Å². The monoisotopic (exact) mass is 324 g/mol. The Balaban J connectivity index is 1.35. The zero-order valence-corrected chi connectivity index (χ0v) is 14.5. The van der Waals surface area contributed by atoms with Crippen molar-refractivity contribution in [1.29, 1.82) is 0 Å². The van der Waals surface area contributed by atoms with Crippen LogP contribution in [0.4, 0.5) is 0 Å². The highest BCUT2D eigenvalue weighted by molar-refractivity contribution is 5.81. The fourth-order valence-electron chi connectivity index (χ4n) is 3.57. The predicted octanol–water partition coefficient (Wildman–Crippen LogP) is 4.05. The van der Waals surface area contributed by atoms with Crippen LogP contribution in [-0.2, 0) is 14.3 Å². The van der Waals surface area contributed by atoms with Gasteiger partial charge >= 0.3 is 5.97 Å². The highest BCUT2D eigenvalue weighted by Crippen LogP contribution is 2.33. The fourth-order valence-corrected chi connectivity index (χ4v) is 3.57. The van der Waals surface area contributed by atoms with Gasteiger partial charge < -0.3 is 14.6 Å². The molecule has 0 radical (unpaired) electrons. The number of ether oxygens (including phenoxy) is 2. The third-order valence-electron chi connectivity index (χ3n) is 5.16. The molecule has 1 fully saturated rings. The number of methoxy groups -OCH3 is 1. The summed E-state index contributed by atoms with van der Waals surface area (Å²) >= 11 is 0. The zero-order chi connectivity index (χ0) is 16.5. The summed E-state index contributed by atoms with van der Waals surface area (Å²) in [4.78, 5) is 10.7. The van der Waals surface area contributed by atoms with Gasteiger partial charge in [0, 0.05) is 26.9 Å². The van der Waals surface area contributed by atoms with Crippen molar-refractivity contribution in [3.8, 4) is 0 Å². The van der Waals surface area contributed by atoms with Crippen molar-refractivity contribution in [1.82, 2.24) is 0 Å². The molecule has 0 unspecified atom stereocenters. The molecular weight excluding hydrogens is 292 g/mol.